The number of nitrogens with two attached hydrogens (primary N) is 1. The fourth-order valence-corrected chi connectivity index (χ4v) is 4.25. The molecule has 106 valence electrons. The lowest BCUT2D eigenvalue weighted by Crippen LogP contribution is -2.37. The Bertz CT molecular complexity index is 465. The number of rotatable bonds is 4. The molecule has 3 unspecified atom stereocenters. The predicted molar refractivity (Wildman–Crippen MR) is 74.4 cm³/mol. The summed E-state index contributed by atoms with van der Waals surface area (Å²) in [5.74, 6) is 1.67. The van der Waals surface area contributed by atoms with Crippen molar-refractivity contribution in [1.82, 2.24) is 0 Å². The highest BCUT2D eigenvalue weighted by molar-refractivity contribution is 5.16. The second kappa shape index (κ2) is 4.35. The molecule has 0 radical (unpaired) electrons. The monoisotopic (exact) mass is 263 g/mol. The molecule has 1 heterocycles. The molecule has 2 fully saturated rings. The van der Waals surface area contributed by atoms with Gasteiger partial charge in [0.05, 0.1) is 25.5 Å². The topological polar surface area (TPSA) is 48.4 Å². The molecule has 0 amide bonds. The maximum atomic E-state index is 6.25. The van der Waals surface area contributed by atoms with Crippen molar-refractivity contribution in [2.24, 2.45) is 22.5 Å². The predicted octanol–water partition coefficient (Wildman–Crippen LogP) is 3.47. The maximum Gasteiger partial charge on any atom is 0.122 e. The van der Waals surface area contributed by atoms with Crippen molar-refractivity contribution in [1.29, 1.82) is 0 Å². The summed E-state index contributed by atoms with van der Waals surface area (Å²) in [6.07, 6.45) is 5.95. The van der Waals surface area contributed by atoms with Gasteiger partial charge in [0, 0.05) is 5.56 Å². The van der Waals surface area contributed by atoms with E-state index in [9.17, 15) is 0 Å². The van der Waals surface area contributed by atoms with Crippen molar-refractivity contribution in [3.8, 4) is 0 Å². The standard InChI is InChI=1S/C16H25NO2/c1-15(2)12-4-6-16(15,3)14(8-12)19-10-11-5-7-18-13(11)9-17/h5,7,12,14H,4,6,8-10,17H2,1-3H3. The lowest BCUT2D eigenvalue weighted by Gasteiger charge is -2.38. The van der Waals surface area contributed by atoms with Crippen molar-refractivity contribution in [2.45, 2.75) is 59.3 Å². The number of ether oxygens (including phenoxy) is 1. The van der Waals surface area contributed by atoms with E-state index in [1.807, 2.05) is 6.07 Å². The number of furan rings is 1. The number of hydrogen-bond acceptors (Lipinski definition) is 3. The van der Waals surface area contributed by atoms with Gasteiger partial charge in [-0.2, -0.15) is 0 Å². The minimum atomic E-state index is 0.324. The van der Waals surface area contributed by atoms with Gasteiger partial charge in [0.1, 0.15) is 5.76 Å². The van der Waals surface area contributed by atoms with Crippen molar-refractivity contribution < 1.29 is 9.15 Å². The molecule has 2 N–H and O–H groups in total. The van der Waals surface area contributed by atoms with E-state index >= 15 is 0 Å². The van der Waals surface area contributed by atoms with E-state index in [1.54, 1.807) is 6.26 Å². The van der Waals surface area contributed by atoms with E-state index in [-0.39, 0.29) is 0 Å². The van der Waals surface area contributed by atoms with E-state index in [2.05, 4.69) is 20.8 Å². The Balaban J connectivity index is 1.69. The van der Waals surface area contributed by atoms with Crippen LogP contribution in [0.1, 0.15) is 51.4 Å². The molecule has 2 saturated carbocycles. The maximum absolute atomic E-state index is 6.25. The van der Waals surface area contributed by atoms with Gasteiger partial charge in [-0.15, -0.1) is 0 Å². The Labute approximate surface area is 115 Å². The van der Waals surface area contributed by atoms with Crippen LogP contribution in [-0.2, 0) is 17.9 Å². The summed E-state index contributed by atoms with van der Waals surface area (Å²) >= 11 is 0. The minimum Gasteiger partial charge on any atom is -0.468 e. The Morgan fingerprint density at radius 1 is 1.42 bits per heavy atom. The summed E-state index contributed by atoms with van der Waals surface area (Å²) in [6, 6.07) is 1.98. The second-order valence-electron chi connectivity index (χ2n) is 6.98. The van der Waals surface area contributed by atoms with E-state index in [1.165, 1.54) is 19.3 Å². The summed E-state index contributed by atoms with van der Waals surface area (Å²) in [4.78, 5) is 0. The fraction of sp³-hybridized carbons (Fsp3) is 0.750. The summed E-state index contributed by atoms with van der Waals surface area (Å²) in [5, 5.41) is 0. The largest absolute Gasteiger partial charge is 0.468 e. The first-order valence-corrected chi connectivity index (χ1v) is 7.36. The van der Waals surface area contributed by atoms with E-state index < -0.39 is 0 Å². The summed E-state index contributed by atoms with van der Waals surface area (Å²) in [7, 11) is 0. The molecule has 3 rings (SSSR count). The highest BCUT2D eigenvalue weighted by atomic mass is 16.5. The third-order valence-electron chi connectivity index (χ3n) is 6.18. The molecule has 2 bridgehead atoms. The van der Waals surface area contributed by atoms with Crippen LogP contribution in [0.15, 0.2) is 16.7 Å². The zero-order valence-corrected chi connectivity index (χ0v) is 12.2. The molecule has 2 aliphatic rings. The van der Waals surface area contributed by atoms with Gasteiger partial charge in [0.25, 0.3) is 0 Å². The highest BCUT2D eigenvalue weighted by Crippen LogP contribution is 2.66. The van der Waals surface area contributed by atoms with E-state index in [4.69, 9.17) is 14.9 Å². The number of fused-ring (bicyclic) bond motifs is 2. The molecule has 2 aliphatic carbocycles. The molecule has 3 atom stereocenters. The Kier molecular flexibility index (Phi) is 3.02. The lowest BCUT2D eigenvalue weighted by molar-refractivity contribution is -0.0553. The van der Waals surface area contributed by atoms with Gasteiger partial charge in [-0.05, 0) is 42.1 Å². The van der Waals surface area contributed by atoms with Crippen LogP contribution in [0.25, 0.3) is 0 Å². The van der Waals surface area contributed by atoms with Crippen LogP contribution in [0.5, 0.6) is 0 Å². The third kappa shape index (κ3) is 1.78. The normalized spacial score (nSPS) is 36.0. The van der Waals surface area contributed by atoms with Gasteiger partial charge in [-0.25, -0.2) is 0 Å². The van der Waals surface area contributed by atoms with Gasteiger partial charge < -0.3 is 14.9 Å². The molecular formula is C16H25NO2. The first kappa shape index (κ1) is 13.2. The molecule has 19 heavy (non-hydrogen) atoms. The SMILES string of the molecule is CC1(C)C2CCC1(C)C(OCc1ccoc1CN)C2. The van der Waals surface area contributed by atoms with Crippen molar-refractivity contribution >= 4 is 0 Å². The molecule has 0 spiro atoms. The van der Waals surface area contributed by atoms with Gasteiger partial charge >= 0.3 is 0 Å². The average Bonchev–Trinajstić information content (AvgIpc) is 2.97. The molecular weight excluding hydrogens is 238 g/mol. The van der Waals surface area contributed by atoms with Crippen LogP contribution in [0.4, 0.5) is 0 Å². The van der Waals surface area contributed by atoms with Crippen LogP contribution in [0, 0.1) is 16.7 Å². The zero-order valence-electron chi connectivity index (χ0n) is 12.2. The summed E-state index contributed by atoms with van der Waals surface area (Å²) < 4.78 is 11.6. The molecule has 0 aromatic carbocycles. The van der Waals surface area contributed by atoms with Crippen LogP contribution in [0.2, 0.25) is 0 Å². The quantitative estimate of drug-likeness (QED) is 0.905. The van der Waals surface area contributed by atoms with Crippen molar-refractivity contribution in [3.63, 3.8) is 0 Å². The van der Waals surface area contributed by atoms with Gasteiger partial charge in [0.15, 0.2) is 0 Å². The molecule has 0 aliphatic heterocycles. The smallest absolute Gasteiger partial charge is 0.122 e. The number of hydrogen-bond donors (Lipinski definition) is 1. The Hall–Kier alpha value is -0.800. The fourth-order valence-electron chi connectivity index (χ4n) is 4.25. The molecule has 1 aromatic rings. The highest BCUT2D eigenvalue weighted by Gasteiger charge is 2.61. The van der Waals surface area contributed by atoms with Crippen LogP contribution in [0.3, 0.4) is 0 Å². The Morgan fingerprint density at radius 2 is 2.21 bits per heavy atom. The molecule has 3 heteroatoms. The van der Waals surface area contributed by atoms with E-state index in [0.717, 1.165) is 17.2 Å². The van der Waals surface area contributed by atoms with Crippen LogP contribution < -0.4 is 5.73 Å². The minimum absolute atomic E-state index is 0.324. The Morgan fingerprint density at radius 3 is 2.79 bits per heavy atom. The average molecular weight is 263 g/mol. The zero-order chi connectivity index (χ0) is 13.7. The summed E-state index contributed by atoms with van der Waals surface area (Å²) in [6.45, 7) is 8.31. The first-order chi connectivity index (χ1) is 8.99. The second-order valence-corrected chi connectivity index (χ2v) is 6.98. The third-order valence-corrected chi connectivity index (χ3v) is 6.18. The lowest BCUT2D eigenvalue weighted by atomic mass is 9.70. The molecule has 1 aromatic heterocycles. The van der Waals surface area contributed by atoms with Gasteiger partial charge in [-0.1, -0.05) is 20.8 Å². The van der Waals surface area contributed by atoms with Crippen LogP contribution >= 0.6 is 0 Å². The van der Waals surface area contributed by atoms with E-state index in [0.29, 0.717) is 30.1 Å². The molecule has 0 saturated heterocycles. The first-order valence-electron chi connectivity index (χ1n) is 7.36. The molecule has 3 nitrogen and oxygen atoms in total. The van der Waals surface area contributed by atoms with Gasteiger partial charge in [-0.3, -0.25) is 0 Å². The van der Waals surface area contributed by atoms with Crippen LogP contribution in [-0.4, -0.2) is 6.10 Å². The van der Waals surface area contributed by atoms with Gasteiger partial charge in [0.2, 0.25) is 0 Å². The van der Waals surface area contributed by atoms with Crippen molar-refractivity contribution in [2.75, 3.05) is 0 Å². The van der Waals surface area contributed by atoms with Crippen molar-refractivity contribution in [3.05, 3.63) is 23.7 Å². The summed E-state index contributed by atoms with van der Waals surface area (Å²) in [5.41, 5.74) is 7.49.